The summed E-state index contributed by atoms with van der Waals surface area (Å²) in [6.45, 7) is 3.27. The van der Waals surface area contributed by atoms with Crippen LogP contribution < -0.4 is 0 Å². The van der Waals surface area contributed by atoms with E-state index in [0.29, 0.717) is 0 Å². The summed E-state index contributed by atoms with van der Waals surface area (Å²) in [4.78, 5) is 22.0. The quantitative estimate of drug-likeness (QED) is 0.456. The summed E-state index contributed by atoms with van der Waals surface area (Å²) in [5.41, 5.74) is 0. The standard InChI is InChI=1S/C8H11NO3/c1-5(2)7(10)6(4-9)8(11)12-3/h5-6H,1-3H3. The molecule has 4 nitrogen and oxygen atoms in total. The minimum atomic E-state index is -1.27. The van der Waals surface area contributed by atoms with Gasteiger partial charge in [-0.1, -0.05) is 13.8 Å². The van der Waals surface area contributed by atoms with Crippen LogP contribution in [0.5, 0.6) is 0 Å². The van der Waals surface area contributed by atoms with Gasteiger partial charge in [-0.2, -0.15) is 5.26 Å². The van der Waals surface area contributed by atoms with Gasteiger partial charge in [0.2, 0.25) is 5.92 Å². The lowest BCUT2D eigenvalue weighted by Crippen LogP contribution is -2.27. The average molecular weight is 169 g/mol. The Kier molecular flexibility index (Phi) is 3.98. The van der Waals surface area contributed by atoms with Gasteiger partial charge in [0.1, 0.15) is 0 Å². The highest BCUT2D eigenvalue weighted by Crippen LogP contribution is 2.07. The van der Waals surface area contributed by atoms with Crippen LogP contribution in [-0.2, 0) is 14.3 Å². The number of Topliss-reactive ketones (excluding diaryl/α,β-unsaturated/α-hetero) is 1. The fourth-order valence-electron chi connectivity index (χ4n) is 0.684. The third kappa shape index (κ3) is 2.35. The van der Waals surface area contributed by atoms with Crippen LogP contribution in [0, 0.1) is 23.2 Å². The highest BCUT2D eigenvalue weighted by molar-refractivity contribution is 6.02. The molecule has 0 amide bonds. The summed E-state index contributed by atoms with van der Waals surface area (Å²) in [6.07, 6.45) is 0. The molecule has 0 heterocycles. The Balaban J connectivity index is 4.49. The third-order valence-electron chi connectivity index (χ3n) is 1.42. The van der Waals surface area contributed by atoms with Crippen LogP contribution in [0.15, 0.2) is 0 Å². The van der Waals surface area contributed by atoms with E-state index < -0.39 is 17.7 Å². The molecule has 0 aliphatic heterocycles. The van der Waals surface area contributed by atoms with Crippen molar-refractivity contribution >= 4 is 11.8 Å². The van der Waals surface area contributed by atoms with E-state index in [2.05, 4.69) is 4.74 Å². The van der Waals surface area contributed by atoms with Crippen LogP contribution in [0.3, 0.4) is 0 Å². The van der Waals surface area contributed by atoms with Crippen LogP contribution in [0.25, 0.3) is 0 Å². The molecule has 0 aromatic carbocycles. The SMILES string of the molecule is COC(=O)C(C#N)C(=O)C(C)C. The zero-order valence-corrected chi connectivity index (χ0v) is 7.33. The Labute approximate surface area is 71.1 Å². The second kappa shape index (κ2) is 4.50. The molecule has 1 unspecified atom stereocenters. The number of rotatable bonds is 3. The summed E-state index contributed by atoms with van der Waals surface area (Å²) in [6, 6.07) is 1.61. The molecule has 0 saturated heterocycles. The number of carbonyl (C=O) groups excluding carboxylic acids is 2. The number of ether oxygens (including phenoxy) is 1. The molecule has 0 radical (unpaired) electrons. The van der Waals surface area contributed by atoms with Gasteiger partial charge < -0.3 is 4.74 Å². The molecule has 0 spiro atoms. The van der Waals surface area contributed by atoms with Gasteiger partial charge in [-0.15, -0.1) is 0 Å². The predicted molar refractivity (Wildman–Crippen MR) is 41.0 cm³/mol. The Bertz CT molecular complexity index is 227. The predicted octanol–water partition coefficient (Wildman–Crippen LogP) is 0.524. The molecule has 0 aromatic rings. The molecule has 0 aliphatic carbocycles. The Morgan fingerprint density at radius 3 is 2.17 bits per heavy atom. The smallest absolute Gasteiger partial charge is 0.330 e. The highest BCUT2D eigenvalue weighted by atomic mass is 16.5. The zero-order valence-electron chi connectivity index (χ0n) is 7.33. The summed E-state index contributed by atoms with van der Waals surface area (Å²) in [5, 5.41) is 8.48. The van der Waals surface area contributed by atoms with Crippen LogP contribution in [-0.4, -0.2) is 18.9 Å². The first-order valence-corrected chi connectivity index (χ1v) is 3.55. The summed E-state index contributed by atoms with van der Waals surface area (Å²) in [7, 11) is 1.15. The molecular weight excluding hydrogens is 158 g/mol. The molecule has 66 valence electrons. The minimum absolute atomic E-state index is 0.325. The lowest BCUT2D eigenvalue weighted by Gasteiger charge is -2.07. The Hall–Kier alpha value is -1.37. The van der Waals surface area contributed by atoms with Crippen LogP contribution >= 0.6 is 0 Å². The van der Waals surface area contributed by atoms with Crippen molar-refractivity contribution in [1.82, 2.24) is 0 Å². The van der Waals surface area contributed by atoms with Crippen LogP contribution in [0.1, 0.15) is 13.8 Å². The van der Waals surface area contributed by atoms with E-state index in [4.69, 9.17) is 5.26 Å². The number of esters is 1. The van der Waals surface area contributed by atoms with Crippen molar-refractivity contribution in [2.45, 2.75) is 13.8 Å². The number of nitrogens with zero attached hydrogens (tertiary/aromatic N) is 1. The van der Waals surface area contributed by atoms with E-state index in [-0.39, 0.29) is 5.92 Å². The number of carbonyl (C=O) groups is 2. The number of methoxy groups -OCH3 is 1. The number of hydrogen-bond acceptors (Lipinski definition) is 4. The fourth-order valence-corrected chi connectivity index (χ4v) is 0.684. The molecule has 0 aliphatic rings. The molecule has 12 heavy (non-hydrogen) atoms. The highest BCUT2D eigenvalue weighted by Gasteiger charge is 2.28. The van der Waals surface area contributed by atoms with Gasteiger partial charge in [-0.05, 0) is 0 Å². The van der Waals surface area contributed by atoms with Crippen molar-refractivity contribution in [3.05, 3.63) is 0 Å². The molecular formula is C8H11NO3. The van der Waals surface area contributed by atoms with E-state index in [1.54, 1.807) is 19.9 Å². The van der Waals surface area contributed by atoms with Crippen molar-refractivity contribution in [3.8, 4) is 6.07 Å². The maximum atomic E-state index is 11.2. The first-order valence-electron chi connectivity index (χ1n) is 3.55. The summed E-state index contributed by atoms with van der Waals surface area (Å²) in [5.74, 6) is -2.77. The van der Waals surface area contributed by atoms with Crippen molar-refractivity contribution in [3.63, 3.8) is 0 Å². The number of ketones is 1. The van der Waals surface area contributed by atoms with E-state index in [0.717, 1.165) is 7.11 Å². The Morgan fingerprint density at radius 1 is 1.42 bits per heavy atom. The van der Waals surface area contributed by atoms with Crippen molar-refractivity contribution < 1.29 is 14.3 Å². The number of hydrogen-bond donors (Lipinski definition) is 0. The summed E-state index contributed by atoms with van der Waals surface area (Å²) < 4.78 is 4.29. The number of nitriles is 1. The van der Waals surface area contributed by atoms with Crippen LogP contribution in [0.4, 0.5) is 0 Å². The molecule has 0 aromatic heterocycles. The maximum Gasteiger partial charge on any atom is 0.330 e. The lowest BCUT2D eigenvalue weighted by atomic mass is 9.97. The van der Waals surface area contributed by atoms with Gasteiger partial charge in [-0.3, -0.25) is 9.59 Å². The lowest BCUT2D eigenvalue weighted by molar-refractivity contribution is -0.147. The van der Waals surface area contributed by atoms with Crippen molar-refractivity contribution in [1.29, 1.82) is 5.26 Å². The zero-order chi connectivity index (χ0) is 9.72. The monoisotopic (exact) mass is 169 g/mol. The molecule has 1 atom stereocenters. The molecule has 0 fully saturated rings. The Morgan fingerprint density at radius 2 is 1.92 bits per heavy atom. The van der Waals surface area contributed by atoms with Crippen molar-refractivity contribution in [2.75, 3.05) is 7.11 Å². The van der Waals surface area contributed by atoms with Gasteiger partial charge in [0.15, 0.2) is 5.78 Å². The molecule has 0 bridgehead atoms. The van der Waals surface area contributed by atoms with Crippen LogP contribution in [0.2, 0.25) is 0 Å². The van der Waals surface area contributed by atoms with Gasteiger partial charge in [0, 0.05) is 5.92 Å². The van der Waals surface area contributed by atoms with Gasteiger partial charge >= 0.3 is 5.97 Å². The van der Waals surface area contributed by atoms with Gasteiger partial charge in [-0.25, -0.2) is 0 Å². The van der Waals surface area contributed by atoms with E-state index >= 15 is 0 Å². The second-order valence-electron chi connectivity index (χ2n) is 2.64. The largest absolute Gasteiger partial charge is 0.468 e. The normalized spacial score (nSPS) is 11.9. The fraction of sp³-hybridized carbons (Fsp3) is 0.625. The average Bonchev–Trinajstić information content (AvgIpc) is 2.05. The maximum absolute atomic E-state index is 11.2. The topological polar surface area (TPSA) is 67.2 Å². The third-order valence-corrected chi connectivity index (χ3v) is 1.42. The summed E-state index contributed by atoms with van der Waals surface area (Å²) >= 11 is 0. The first-order chi connectivity index (χ1) is 5.54. The molecule has 0 rings (SSSR count). The molecule has 0 saturated carbocycles. The van der Waals surface area contributed by atoms with Gasteiger partial charge in [0.05, 0.1) is 13.2 Å². The minimum Gasteiger partial charge on any atom is -0.468 e. The first kappa shape index (κ1) is 10.6. The van der Waals surface area contributed by atoms with Gasteiger partial charge in [0.25, 0.3) is 0 Å². The second-order valence-corrected chi connectivity index (χ2v) is 2.64. The van der Waals surface area contributed by atoms with Crippen molar-refractivity contribution in [2.24, 2.45) is 11.8 Å². The molecule has 4 heteroatoms. The molecule has 0 N–H and O–H groups in total. The van der Waals surface area contributed by atoms with E-state index in [1.165, 1.54) is 0 Å². The van der Waals surface area contributed by atoms with E-state index in [1.807, 2.05) is 0 Å². The van der Waals surface area contributed by atoms with E-state index in [9.17, 15) is 9.59 Å².